The number of hydrogen-bond acceptors (Lipinski definition) is 6. The number of thiophene rings is 1. The molecule has 6 nitrogen and oxygen atoms in total. The molecule has 0 N–H and O–H groups in total. The Kier molecular flexibility index (Phi) is 6.42. The summed E-state index contributed by atoms with van der Waals surface area (Å²) in [5.41, 5.74) is 1.03. The molecule has 0 aliphatic carbocycles. The Hall–Kier alpha value is -2.03. The maximum atomic E-state index is 12.7. The first kappa shape index (κ1) is 20.3. The molecule has 1 amide bonds. The maximum absolute atomic E-state index is 12.7. The van der Waals surface area contributed by atoms with E-state index in [0.717, 1.165) is 46.2 Å². The molecule has 0 unspecified atom stereocenters. The second-order valence-corrected chi connectivity index (χ2v) is 8.93. The molecule has 0 bridgehead atoms. The van der Waals surface area contributed by atoms with Gasteiger partial charge in [0.1, 0.15) is 0 Å². The van der Waals surface area contributed by atoms with E-state index in [1.165, 1.54) is 11.8 Å². The van der Waals surface area contributed by atoms with Crippen molar-refractivity contribution in [1.29, 1.82) is 0 Å². The van der Waals surface area contributed by atoms with Crippen molar-refractivity contribution >= 4 is 46.3 Å². The van der Waals surface area contributed by atoms with Crippen LogP contribution in [-0.2, 0) is 11.3 Å². The van der Waals surface area contributed by atoms with Gasteiger partial charge in [0.15, 0.2) is 11.0 Å². The Morgan fingerprint density at radius 1 is 1.14 bits per heavy atom. The predicted molar refractivity (Wildman–Crippen MR) is 120 cm³/mol. The highest BCUT2D eigenvalue weighted by molar-refractivity contribution is 7.99. The fraction of sp³-hybridized carbons (Fsp3) is 0.350. The average Bonchev–Trinajstić information content (AvgIpc) is 3.42. The highest BCUT2D eigenvalue weighted by Crippen LogP contribution is 2.28. The Bertz CT molecular complexity index is 967. The Morgan fingerprint density at radius 2 is 1.93 bits per heavy atom. The number of benzene rings is 1. The van der Waals surface area contributed by atoms with Gasteiger partial charge in [0.25, 0.3) is 0 Å². The van der Waals surface area contributed by atoms with E-state index < -0.39 is 0 Å². The fourth-order valence-electron chi connectivity index (χ4n) is 3.39. The lowest BCUT2D eigenvalue weighted by molar-refractivity contribution is -0.128. The van der Waals surface area contributed by atoms with Crippen molar-refractivity contribution in [2.75, 3.05) is 36.8 Å². The van der Waals surface area contributed by atoms with Crippen LogP contribution in [0.3, 0.4) is 0 Å². The molecule has 1 aliphatic rings. The summed E-state index contributed by atoms with van der Waals surface area (Å²) < 4.78 is 2.07. The molecule has 1 fully saturated rings. The molecule has 1 aromatic carbocycles. The number of amides is 1. The molecule has 3 heterocycles. The molecule has 0 atom stereocenters. The summed E-state index contributed by atoms with van der Waals surface area (Å²) in [6.45, 7) is 5.81. The molecule has 0 radical (unpaired) electrons. The Balaban J connectivity index is 1.34. The number of anilines is 1. The first-order valence-corrected chi connectivity index (χ1v) is 11.8. The summed E-state index contributed by atoms with van der Waals surface area (Å²) in [5, 5.41) is 12.2. The van der Waals surface area contributed by atoms with Crippen LogP contribution in [0.1, 0.15) is 6.92 Å². The number of thioether (sulfide) groups is 1. The zero-order valence-electron chi connectivity index (χ0n) is 16.1. The van der Waals surface area contributed by atoms with Gasteiger partial charge in [-0.3, -0.25) is 4.79 Å². The molecule has 29 heavy (non-hydrogen) atoms. The van der Waals surface area contributed by atoms with E-state index in [0.29, 0.717) is 18.8 Å². The van der Waals surface area contributed by atoms with E-state index in [4.69, 9.17) is 11.6 Å². The van der Waals surface area contributed by atoms with Crippen molar-refractivity contribution in [3.05, 3.63) is 46.8 Å². The normalized spacial score (nSPS) is 14.4. The summed E-state index contributed by atoms with van der Waals surface area (Å²) in [6, 6.07) is 11.9. The van der Waals surface area contributed by atoms with Crippen LogP contribution < -0.4 is 4.90 Å². The van der Waals surface area contributed by atoms with Crippen LogP contribution in [-0.4, -0.2) is 57.5 Å². The van der Waals surface area contributed by atoms with Crippen LogP contribution in [0.15, 0.2) is 46.9 Å². The topological polar surface area (TPSA) is 54.3 Å². The van der Waals surface area contributed by atoms with Gasteiger partial charge in [0.05, 0.1) is 21.3 Å². The average molecular weight is 448 g/mol. The number of hydrogen-bond donors (Lipinski definition) is 0. The molecule has 0 spiro atoms. The van der Waals surface area contributed by atoms with E-state index in [1.807, 2.05) is 46.7 Å². The Labute approximate surface area is 183 Å². The molecular formula is C20H22ClN5OS2. The van der Waals surface area contributed by atoms with E-state index >= 15 is 0 Å². The van der Waals surface area contributed by atoms with Gasteiger partial charge in [0.2, 0.25) is 5.91 Å². The number of carbonyl (C=O) groups is 1. The van der Waals surface area contributed by atoms with Gasteiger partial charge in [-0.25, -0.2) is 0 Å². The van der Waals surface area contributed by atoms with Crippen LogP contribution in [0.2, 0.25) is 5.02 Å². The van der Waals surface area contributed by atoms with Gasteiger partial charge in [-0.2, -0.15) is 0 Å². The lowest BCUT2D eigenvalue weighted by Gasteiger charge is -2.36. The van der Waals surface area contributed by atoms with Crippen LogP contribution in [0.4, 0.5) is 5.69 Å². The van der Waals surface area contributed by atoms with Crippen LogP contribution in [0.5, 0.6) is 0 Å². The summed E-state index contributed by atoms with van der Waals surface area (Å²) in [7, 11) is 0. The second-order valence-electron chi connectivity index (χ2n) is 6.64. The summed E-state index contributed by atoms with van der Waals surface area (Å²) in [4.78, 5) is 18.0. The minimum Gasteiger partial charge on any atom is -0.367 e. The van der Waals surface area contributed by atoms with Gasteiger partial charge in [-0.1, -0.05) is 41.6 Å². The summed E-state index contributed by atoms with van der Waals surface area (Å²) in [6.07, 6.45) is 0. The summed E-state index contributed by atoms with van der Waals surface area (Å²) >= 11 is 9.40. The first-order chi connectivity index (χ1) is 14.2. The van der Waals surface area contributed by atoms with Gasteiger partial charge in [-0.05, 0) is 30.5 Å². The third kappa shape index (κ3) is 4.44. The van der Waals surface area contributed by atoms with Crippen molar-refractivity contribution < 1.29 is 4.79 Å². The number of para-hydroxylation sites is 1. The maximum Gasteiger partial charge on any atom is 0.233 e. The van der Waals surface area contributed by atoms with Crippen LogP contribution in [0.25, 0.3) is 10.7 Å². The number of halogens is 1. The zero-order valence-corrected chi connectivity index (χ0v) is 18.5. The number of nitrogens with zero attached hydrogens (tertiary/aromatic N) is 5. The van der Waals surface area contributed by atoms with Gasteiger partial charge < -0.3 is 14.4 Å². The van der Waals surface area contributed by atoms with Gasteiger partial charge >= 0.3 is 0 Å². The monoisotopic (exact) mass is 447 g/mol. The summed E-state index contributed by atoms with van der Waals surface area (Å²) in [5.74, 6) is 1.37. The third-order valence-electron chi connectivity index (χ3n) is 4.92. The van der Waals surface area contributed by atoms with Crippen LogP contribution in [0, 0.1) is 0 Å². The molecule has 0 saturated carbocycles. The minimum absolute atomic E-state index is 0.136. The molecule has 1 aliphatic heterocycles. The predicted octanol–water partition coefficient (Wildman–Crippen LogP) is 4.12. The highest BCUT2D eigenvalue weighted by atomic mass is 35.5. The highest BCUT2D eigenvalue weighted by Gasteiger charge is 2.23. The van der Waals surface area contributed by atoms with Crippen molar-refractivity contribution in [3.63, 3.8) is 0 Å². The lowest BCUT2D eigenvalue weighted by atomic mass is 10.2. The van der Waals surface area contributed by atoms with Crippen molar-refractivity contribution in [2.24, 2.45) is 0 Å². The number of piperazine rings is 1. The number of rotatable bonds is 6. The number of aromatic nitrogens is 3. The van der Waals surface area contributed by atoms with E-state index in [-0.39, 0.29) is 5.91 Å². The quantitative estimate of drug-likeness (QED) is 0.532. The van der Waals surface area contributed by atoms with E-state index in [1.54, 1.807) is 11.3 Å². The van der Waals surface area contributed by atoms with Gasteiger partial charge in [-0.15, -0.1) is 21.5 Å². The second kappa shape index (κ2) is 9.19. The van der Waals surface area contributed by atoms with Crippen molar-refractivity contribution in [3.8, 4) is 10.7 Å². The van der Waals surface area contributed by atoms with Gasteiger partial charge in [0, 0.05) is 32.7 Å². The Morgan fingerprint density at radius 3 is 2.62 bits per heavy atom. The standard InChI is InChI=1S/C20H22ClN5OS2/c1-2-26-19(17-8-5-13-28-17)22-23-20(26)29-14-18(27)25-11-9-24(10-12-25)16-7-4-3-6-15(16)21/h3-8,13H,2,9-12,14H2,1H3. The molecular weight excluding hydrogens is 426 g/mol. The minimum atomic E-state index is 0.136. The van der Waals surface area contributed by atoms with Crippen LogP contribution >= 0.6 is 34.7 Å². The fourth-order valence-corrected chi connectivity index (χ4v) is 5.27. The number of carbonyl (C=O) groups excluding carboxylic acids is 1. The zero-order chi connectivity index (χ0) is 20.2. The van der Waals surface area contributed by atoms with E-state index in [2.05, 4.69) is 26.6 Å². The largest absolute Gasteiger partial charge is 0.367 e. The third-order valence-corrected chi connectivity index (χ3v) is 7.06. The van der Waals surface area contributed by atoms with E-state index in [9.17, 15) is 4.79 Å². The molecule has 3 aromatic rings. The molecule has 152 valence electrons. The molecule has 1 saturated heterocycles. The first-order valence-electron chi connectivity index (χ1n) is 9.54. The van der Waals surface area contributed by atoms with Crippen molar-refractivity contribution in [2.45, 2.75) is 18.6 Å². The van der Waals surface area contributed by atoms with Crippen molar-refractivity contribution in [1.82, 2.24) is 19.7 Å². The SMILES string of the molecule is CCn1c(SCC(=O)N2CCN(c3ccccc3Cl)CC2)nnc1-c1cccs1. The molecule has 4 rings (SSSR count). The molecule has 9 heteroatoms. The lowest BCUT2D eigenvalue weighted by Crippen LogP contribution is -2.49. The smallest absolute Gasteiger partial charge is 0.233 e. The molecule has 2 aromatic heterocycles.